The first kappa shape index (κ1) is 23.3. The van der Waals surface area contributed by atoms with Gasteiger partial charge in [-0.05, 0) is 80.1 Å². The lowest BCUT2D eigenvalue weighted by atomic mass is 10.1. The van der Waals surface area contributed by atoms with Crippen LogP contribution in [0, 0.1) is 0 Å². The van der Waals surface area contributed by atoms with Gasteiger partial charge in [-0.1, -0.05) is 12.1 Å². The summed E-state index contributed by atoms with van der Waals surface area (Å²) >= 11 is 0. The third-order valence-corrected chi connectivity index (χ3v) is 6.19. The summed E-state index contributed by atoms with van der Waals surface area (Å²) < 4.78 is 0. The van der Waals surface area contributed by atoms with Gasteiger partial charge in [0.1, 0.15) is 0 Å². The van der Waals surface area contributed by atoms with Crippen molar-refractivity contribution in [3.8, 4) is 0 Å². The lowest BCUT2D eigenvalue weighted by Gasteiger charge is -2.29. The molecule has 0 atom stereocenters. The number of anilines is 3. The number of benzene rings is 2. The van der Waals surface area contributed by atoms with Gasteiger partial charge in [0.05, 0.1) is 23.0 Å². The number of carbonyl (C=O) groups excluding carboxylic acids is 1. The Morgan fingerprint density at radius 1 is 0.971 bits per heavy atom. The van der Waals surface area contributed by atoms with Crippen LogP contribution in [0.4, 0.5) is 17.1 Å². The Hall–Kier alpha value is -3.87. The third kappa shape index (κ3) is 5.73. The van der Waals surface area contributed by atoms with Crippen LogP contribution in [0.15, 0.2) is 60.8 Å². The molecule has 0 radical (unpaired) electrons. The van der Waals surface area contributed by atoms with E-state index in [1.807, 2.05) is 43.4 Å². The Morgan fingerprint density at radius 3 is 2.38 bits per heavy atom. The number of aromatic carboxylic acids is 1. The van der Waals surface area contributed by atoms with Crippen LogP contribution >= 0.6 is 0 Å². The lowest BCUT2D eigenvalue weighted by Crippen LogP contribution is -2.29. The predicted octanol–water partition coefficient (Wildman–Crippen LogP) is 4.85. The number of carbonyl (C=O) groups is 2. The third-order valence-electron chi connectivity index (χ3n) is 6.19. The summed E-state index contributed by atoms with van der Waals surface area (Å²) in [6.07, 6.45) is 6.78. The number of hydrogen-bond acceptors (Lipinski definition) is 5. The van der Waals surface area contributed by atoms with Crippen molar-refractivity contribution in [1.29, 1.82) is 0 Å². The van der Waals surface area contributed by atoms with E-state index in [2.05, 4.69) is 26.6 Å². The molecule has 1 aliphatic heterocycles. The van der Waals surface area contributed by atoms with E-state index in [4.69, 9.17) is 5.11 Å². The molecule has 1 saturated heterocycles. The van der Waals surface area contributed by atoms with E-state index in [-0.39, 0.29) is 11.5 Å². The molecule has 1 fully saturated rings. The van der Waals surface area contributed by atoms with Crippen molar-refractivity contribution in [3.05, 3.63) is 83.2 Å². The van der Waals surface area contributed by atoms with Crippen LogP contribution in [0.3, 0.4) is 0 Å². The fourth-order valence-electron chi connectivity index (χ4n) is 4.22. The molecule has 3 N–H and O–H groups in total. The highest BCUT2D eigenvalue weighted by Gasteiger charge is 2.17. The van der Waals surface area contributed by atoms with E-state index in [9.17, 15) is 9.59 Å². The van der Waals surface area contributed by atoms with E-state index in [0.29, 0.717) is 11.3 Å². The molecule has 0 saturated carbocycles. The van der Waals surface area contributed by atoms with Crippen LogP contribution in [0.2, 0.25) is 0 Å². The molecule has 176 valence electrons. The maximum Gasteiger partial charge on any atom is 0.335 e. The highest BCUT2D eigenvalue weighted by molar-refractivity contribution is 6.08. The summed E-state index contributed by atoms with van der Waals surface area (Å²) in [6.45, 7) is 2.05. The largest absolute Gasteiger partial charge is 0.478 e. The monoisotopic (exact) mass is 458 g/mol. The van der Waals surface area contributed by atoms with Crippen molar-refractivity contribution in [2.45, 2.75) is 32.1 Å². The fraction of sp³-hybridized carbons (Fsp3) is 0.296. The number of nitrogens with one attached hydrogen (secondary N) is 2. The topological polar surface area (TPSA) is 94.6 Å². The van der Waals surface area contributed by atoms with Gasteiger partial charge in [0.2, 0.25) is 0 Å². The highest BCUT2D eigenvalue weighted by atomic mass is 16.4. The van der Waals surface area contributed by atoms with Crippen LogP contribution in [-0.4, -0.2) is 42.1 Å². The quantitative estimate of drug-likeness (QED) is 0.447. The molecule has 1 aromatic heterocycles. The van der Waals surface area contributed by atoms with Gasteiger partial charge in [-0.2, -0.15) is 0 Å². The first-order valence-corrected chi connectivity index (χ1v) is 11.7. The average Bonchev–Trinajstić information content (AvgIpc) is 2.88. The summed E-state index contributed by atoms with van der Waals surface area (Å²) in [5, 5.41) is 15.1. The summed E-state index contributed by atoms with van der Waals surface area (Å²) in [7, 11) is 1.82. The fourth-order valence-corrected chi connectivity index (χ4v) is 4.22. The number of rotatable bonds is 8. The van der Waals surface area contributed by atoms with Crippen LogP contribution in [0.25, 0.3) is 0 Å². The number of piperidine rings is 1. The Morgan fingerprint density at radius 2 is 1.74 bits per heavy atom. The van der Waals surface area contributed by atoms with E-state index in [0.717, 1.165) is 48.6 Å². The summed E-state index contributed by atoms with van der Waals surface area (Å²) in [5.41, 5.74) is 5.36. The number of carboxylic acids is 1. The number of aromatic nitrogens is 1. The Kier molecular flexibility index (Phi) is 7.42. The van der Waals surface area contributed by atoms with Gasteiger partial charge in [0, 0.05) is 37.2 Å². The second-order valence-corrected chi connectivity index (χ2v) is 8.52. The number of carboxylic acid groups (broad SMARTS) is 1. The number of aryl methyl sites for hydroxylation is 2. The second-order valence-electron chi connectivity index (χ2n) is 8.52. The Bertz CT molecular complexity index is 1140. The minimum absolute atomic E-state index is 0.170. The molecule has 34 heavy (non-hydrogen) atoms. The molecule has 7 nitrogen and oxygen atoms in total. The summed E-state index contributed by atoms with van der Waals surface area (Å²) in [6, 6.07) is 16.6. The summed E-state index contributed by atoms with van der Waals surface area (Å²) in [5.74, 6) is -1.10. The van der Waals surface area contributed by atoms with E-state index in [1.54, 1.807) is 18.3 Å². The van der Waals surface area contributed by atoms with Crippen molar-refractivity contribution in [3.63, 3.8) is 0 Å². The molecule has 0 spiro atoms. The SMILES string of the molecule is CNc1ccc(N2CCCCC2)cc1C(=O)Nc1ccc(CCc2ccc(C(=O)O)cc2)nc1. The molecule has 7 heteroatoms. The first-order chi connectivity index (χ1) is 16.5. The van der Waals surface area contributed by atoms with Crippen molar-refractivity contribution in [2.24, 2.45) is 0 Å². The molecule has 4 rings (SSSR count). The zero-order chi connectivity index (χ0) is 23.9. The standard InChI is InChI=1S/C27H30N4O3/c1-28-25-14-13-23(31-15-3-2-4-16-31)17-24(25)26(32)30-22-12-11-21(29-18-22)10-7-19-5-8-20(9-6-19)27(33)34/h5-6,8-9,11-14,17-18,28H,2-4,7,10,15-16H2,1H3,(H,30,32)(H,33,34). The van der Waals surface area contributed by atoms with Crippen LogP contribution in [0.5, 0.6) is 0 Å². The van der Waals surface area contributed by atoms with E-state index < -0.39 is 5.97 Å². The van der Waals surface area contributed by atoms with Gasteiger partial charge in [-0.25, -0.2) is 4.79 Å². The molecule has 0 aliphatic carbocycles. The molecular weight excluding hydrogens is 428 g/mol. The molecule has 1 aliphatic rings. The zero-order valence-corrected chi connectivity index (χ0v) is 19.4. The van der Waals surface area contributed by atoms with Crippen LogP contribution < -0.4 is 15.5 Å². The van der Waals surface area contributed by atoms with Gasteiger partial charge < -0.3 is 20.6 Å². The molecule has 2 aromatic carbocycles. The zero-order valence-electron chi connectivity index (χ0n) is 19.4. The molecule has 2 heterocycles. The van der Waals surface area contributed by atoms with Crippen LogP contribution in [0.1, 0.15) is 51.2 Å². The first-order valence-electron chi connectivity index (χ1n) is 11.7. The minimum atomic E-state index is -0.925. The highest BCUT2D eigenvalue weighted by Crippen LogP contribution is 2.26. The Balaban J connectivity index is 1.39. The molecule has 3 aromatic rings. The van der Waals surface area contributed by atoms with Crippen molar-refractivity contribution >= 4 is 28.9 Å². The maximum atomic E-state index is 13.1. The van der Waals surface area contributed by atoms with Gasteiger partial charge in [-0.15, -0.1) is 0 Å². The molecule has 0 unspecified atom stereocenters. The van der Waals surface area contributed by atoms with Gasteiger partial charge in [0.15, 0.2) is 0 Å². The normalized spacial score (nSPS) is 13.4. The number of pyridine rings is 1. The minimum Gasteiger partial charge on any atom is -0.478 e. The number of hydrogen-bond donors (Lipinski definition) is 3. The predicted molar refractivity (Wildman–Crippen MR) is 135 cm³/mol. The lowest BCUT2D eigenvalue weighted by molar-refractivity contribution is 0.0696. The number of amides is 1. The van der Waals surface area contributed by atoms with Gasteiger partial charge >= 0.3 is 5.97 Å². The van der Waals surface area contributed by atoms with Crippen LogP contribution in [-0.2, 0) is 12.8 Å². The van der Waals surface area contributed by atoms with Crippen molar-refractivity contribution in [1.82, 2.24) is 4.98 Å². The molecular formula is C27H30N4O3. The van der Waals surface area contributed by atoms with E-state index >= 15 is 0 Å². The van der Waals surface area contributed by atoms with Crippen molar-refractivity contribution in [2.75, 3.05) is 35.7 Å². The Labute approximate surface area is 199 Å². The van der Waals surface area contributed by atoms with Crippen molar-refractivity contribution < 1.29 is 14.7 Å². The molecule has 1 amide bonds. The smallest absolute Gasteiger partial charge is 0.335 e. The van der Waals surface area contributed by atoms with E-state index in [1.165, 1.54) is 19.3 Å². The second kappa shape index (κ2) is 10.8. The summed E-state index contributed by atoms with van der Waals surface area (Å²) in [4.78, 5) is 30.9. The maximum absolute atomic E-state index is 13.1. The van der Waals surface area contributed by atoms with Gasteiger partial charge in [-0.3, -0.25) is 9.78 Å². The molecule has 0 bridgehead atoms. The van der Waals surface area contributed by atoms with Gasteiger partial charge in [0.25, 0.3) is 5.91 Å². The average molecular weight is 459 g/mol. The number of nitrogens with zero attached hydrogens (tertiary/aromatic N) is 2.